The first kappa shape index (κ1) is 60.1. The van der Waals surface area contributed by atoms with Crippen LogP contribution >= 0.6 is 58.2 Å². The lowest BCUT2D eigenvalue weighted by Gasteiger charge is -2.13. The number of sulfone groups is 1. The summed E-state index contributed by atoms with van der Waals surface area (Å²) in [6, 6.07) is 49.3. The quantitative estimate of drug-likeness (QED) is 0.0194. The highest BCUT2D eigenvalue weighted by atomic mass is 35.5. The Morgan fingerprint density at radius 3 is 1.63 bits per heavy atom. The van der Waals surface area contributed by atoms with E-state index in [2.05, 4.69) is 16.0 Å². The van der Waals surface area contributed by atoms with Crippen molar-refractivity contribution in [2.75, 3.05) is 21.7 Å². The number of nitrogens with zero attached hydrogens (tertiary/aromatic N) is 2. The van der Waals surface area contributed by atoms with E-state index in [1.165, 1.54) is 42.1 Å². The van der Waals surface area contributed by atoms with Gasteiger partial charge in [-0.2, -0.15) is 0 Å². The van der Waals surface area contributed by atoms with E-state index >= 15 is 0 Å². The number of benzene rings is 9. The summed E-state index contributed by atoms with van der Waals surface area (Å²) in [6.07, 6.45) is 0. The van der Waals surface area contributed by atoms with Crippen LogP contribution in [-0.4, -0.2) is 33.6 Å². The van der Waals surface area contributed by atoms with Crippen molar-refractivity contribution in [1.29, 1.82) is 0 Å². The summed E-state index contributed by atoms with van der Waals surface area (Å²) in [7, 11) is -3.85. The molecule has 0 saturated heterocycles. The first-order chi connectivity index (χ1) is 38.6. The topological polar surface area (TPSA) is 252 Å². The number of ether oxygens (including phenoxy) is 1. The Morgan fingerprint density at radius 2 is 1.05 bits per heavy atom. The number of nitro groups is 2. The molecular weight excluding hydrogens is 1170 g/mol. The molecule has 9 rings (SSSR count). The van der Waals surface area contributed by atoms with Crippen LogP contribution in [0.15, 0.2) is 202 Å². The van der Waals surface area contributed by atoms with Gasteiger partial charge in [0.2, 0.25) is 21.3 Å². The molecule has 81 heavy (non-hydrogen) atoms. The SMILES string of the molecule is Nc1ccc(Sc2ccc(Cl)cc2)c(CNc2cc(F)c(O)c([N+](=O)[O-])c2)c1.O=[N+]([O-])c1cc(NCc2ccccc2S(=O)(=O)c2ccc(Cl)cc2)cc(F)c1O.Oc1c(Cl)cc(NCc2cccc(Oc3ccccc3)c2)cc1Cl. The van der Waals surface area contributed by atoms with Crippen molar-refractivity contribution in [3.05, 3.63) is 251 Å². The van der Waals surface area contributed by atoms with Gasteiger partial charge in [-0.15, -0.1) is 0 Å². The number of anilines is 4. The van der Waals surface area contributed by atoms with Crippen molar-refractivity contribution in [2.45, 2.75) is 39.2 Å². The summed E-state index contributed by atoms with van der Waals surface area (Å²) in [6.45, 7) is 0.774. The van der Waals surface area contributed by atoms with Gasteiger partial charge in [0, 0.05) is 86.5 Å². The first-order valence-electron chi connectivity index (χ1n) is 23.6. The van der Waals surface area contributed by atoms with Gasteiger partial charge in [-0.05, 0) is 126 Å². The lowest BCUT2D eigenvalue weighted by molar-refractivity contribution is -0.386. The third-order valence-electron chi connectivity index (χ3n) is 11.3. The molecule has 0 aliphatic carbocycles. The third kappa shape index (κ3) is 16.5. The van der Waals surface area contributed by atoms with Crippen LogP contribution in [0.2, 0.25) is 20.1 Å². The number of nitrogens with one attached hydrogen (secondary N) is 3. The van der Waals surface area contributed by atoms with Crippen molar-refractivity contribution in [2.24, 2.45) is 0 Å². The van der Waals surface area contributed by atoms with E-state index < -0.39 is 54.2 Å². The number of nitrogens with two attached hydrogens (primary N) is 1. The lowest BCUT2D eigenvalue weighted by atomic mass is 10.2. The number of nitro benzene ring substituents is 2. The van der Waals surface area contributed by atoms with Crippen LogP contribution in [0.3, 0.4) is 0 Å². The van der Waals surface area contributed by atoms with Crippen molar-refractivity contribution in [3.8, 4) is 28.7 Å². The van der Waals surface area contributed by atoms with Gasteiger partial charge >= 0.3 is 11.4 Å². The normalized spacial score (nSPS) is 10.8. The minimum Gasteiger partial charge on any atom is -0.505 e. The summed E-state index contributed by atoms with van der Waals surface area (Å²) in [5.41, 5.74) is 8.11. The number of hydrogen-bond acceptors (Lipinski definition) is 15. The Labute approximate surface area is 486 Å². The molecule has 0 radical (unpaired) electrons. The van der Waals surface area contributed by atoms with Gasteiger partial charge in [-0.25, -0.2) is 17.2 Å². The Hall–Kier alpha value is -8.50. The van der Waals surface area contributed by atoms with E-state index in [9.17, 15) is 52.7 Å². The van der Waals surface area contributed by atoms with E-state index in [4.69, 9.17) is 56.9 Å². The number of phenols is 3. The van der Waals surface area contributed by atoms with Gasteiger partial charge in [0.05, 0.1) is 29.7 Å². The van der Waals surface area contributed by atoms with Crippen LogP contribution < -0.4 is 26.4 Å². The molecular formula is C57H44Cl4F2N6O10S2. The zero-order chi connectivity index (χ0) is 58.4. The molecule has 8 N–H and O–H groups in total. The van der Waals surface area contributed by atoms with Gasteiger partial charge in [0.1, 0.15) is 11.5 Å². The lowest BCUT2D eigenvalue weighted by Crippen LogP contribution is -2.09. The Kier molecular flexibility index (Phi) is 20.5. The number of para-hydroxylation sites is 1. The largest absolute Gasteiger partial charge is 0.505 e. The maximum atomic E-state index is 13.8. The fourth-order valence-corrected chi connectivity index (χ4v) is 10.5. The first-order valence-corrected chi connectivity index (χ1v) is 27.4. The highest BCUT2D eigenvalue weighted by Crippen LogP contribution is 2.38. The molecule has 9 aromatic carbocycles. The Morgan fingerprint density at radius 1 is 0.543 bits per heavy atom. The van der Waals surface area contributed by atoms with Crippen LogP contribution in [-0.2, 0) is 29.5 Å². The summed E-state index contributed by atoms with van der Waals surface area (Å²) in [5, 5.41) is 60.8. The van der Waals surface area contributed by atoms with Crippen LogP contribution in [0.5, 0.6) is 28.7 Å². The van der Waals surface area contributed by atoms with Crippen molar-refractivity contribution >= 4 is 102 Å². The van der Waals surface area contributed by atoms with Crippen molar-refractivity contribution in [3.63, 3.8) is 0 Å². The minimum atomic E-state index is -3.85. The predicted octanol–water partition coefficient (Wildman–Crippen LogP) is 16.1. The van der Waals surface area contributed by atoms with Gasteiger partial charge in [0.25, 0.3) is 0 Å². The Bertz CT molecular complexity index is 3820. The highest BCUT2D eigenvalue weighted by Gasteiger charge is 2.23. The maximum absolute atomic E-state index is 13.8. The van der Waals surface area contributed by atoms with E-state index in [0.717, 1.165) is 62.4 Å². The summed E-state index contributed by atoms with van der Waals surface area (Å²) >= 11 is 25.1. The highest BCUT2D eigenvalue weighted by molar-refractivity contribution is 7.99. The molecule has 0 aliphatic heterocycles. The molecule has 0 aliphatic rings. The number of rotatable bonds is 17. The molecule has 0 saturated carbocycles. The number of hydrogen-bond donors (Lipinski definition) is 7. The van der Waals surface area contributed by atoms with Gasteiger partial charge in [-0.1, -0.05) is 107 Å². The molecule has 9 aromatic rings. The molecule has 0 aromatic heterocycles. The second kappa shape index (κ2) is 27.6. The van der Waals surface area contributed by atoms with E-state index in [1.54, 1.807) is 54.6 Å². The summed E-state index contributed by atoms with van der Waals surface area (Å²) in [4.78, 5) is 22.1. The molecule has 0 unspecified atom stereocenters. The van der Waals surface area contributed by atoms with Crippen LogP contribution in [0, 0.1) is 31.9 Å². The second-order valence-electron chi connectivity index (χ2n) is 17.1. The summed E-state index contributed by atoms with van der Waals surface area (Å²) in [5.74, 6) is -2.84. The number of aromatic hydroxyl groups is 3. The molecule has 0 amide bonds. The van der Waals surface area contributed by atoms with Gasteiger partial charge in [0.15, 0.2) is 17.4 Å². The Balaban J connectivity index is 0.000000176. The molecule has 0 spiro atoms. The molecule has 0 heterocycles. The molecule has 24 heteroatoms. The van der Waals surface area contributed by atoms with E-state index in [-0.39, 0.29) is 50.1 Å². The molecule has 0 bridgehead atoms. The number of nitrogen functional groups attached to an aromatic ring is 1. The fraction of sp³-hybridized carbons (Fsp3) is 0.0526. The maximum Gasteiger partial charge on any atom is 0.315 e. The predicted molar refractivity (Wildman–Crippen MR) is 312 cm³/mol. The smallest absolute Gasteiger partial charge is 0.315 e. The fourth-order valence-electron chi connectivity index (χ4n) is 7.38. The average Bonchev–Trinajstić information content (AvgIpc) is 3.47. The standard InChI is InChI=1S/C19H15Cl2NO2.C19H15ClFN3O3S.C19H14ClFN2O5S/c20-17-10-14(11-18(21)19(17)23)22-12-13-5-4-8-16(9-13)24-15-6-2-1-3-7-15;20-12-1-4-15(5-2-12)28-18-6-3-13(22)7-11(18)10-23-14-8-16(21)19(25)17(9-14)24(26)27;20-13-5-7-15(8-6-13)29(27,28)18-4-2-1-3-12(18)11-22-14-9-16(21)19(24)17(10-14)23(25)26/h1-11,22-23H,12H2;1-9,23,25H,10,22H2;1-10,22,24H,11H2. The van der Waals surface area contributed by atoms with Crippen LogP contribution in [0.1, 0.15) is 16.7 Å². The molecule has 0 atom stereocenters. The molecule has 16 nitrogen and oxygen atoms in total. The molecule has 0 fully saturated rings. The zero-order valence-corrected chi connectivity index (χ0v) is 46.4. The number of phenolic OH excluding ortho intramolecular Hbond substituents is 3. The van der Waals surface area contributed by atoms with Gasteiger partial charge in [-0.3, -0.25) is 20.2 Å². The zero-order valence-electron chi connectivity index (χ0n) is 41.7. The monoisotopic (exact) mass is 1210 g/mol. The average molecular weight is 1220 g/mol. The van der Waals surface area contributed by atoms with E-state index in [0.29, 0.717) is 27.8 Å². The third-order valence-corrected chi connectivity index (χ3v) is 15.4. The van der Waals surface area contributed by atoms with Crippen molar-refractivity contribution in [1.82, 2.24) is 0 Å². The van der Waals surface area contributed by atoms with Crippen molar-refractivity contribution < 1.29 is 47.1 Å². The molecule has 416 valence electrons. The van der Waals surface area contributed by atoms with Gasteiger partial charge < -0.3 is 41.7 Å². The van der Waals surface area contributed by atoms with Crippen LogP contribution in [0.25, 0.3) is 0 Å². The number of halogens is 6. The van der Waals surface area contributed by atoms with E-state index in [1.807, 2.05) is 72.8 Å². The second-order valence-corrected chi connectivity index (χ2v) is 21.8. The minimum absolute atomic E-state index is 0.0192. The summed E-state index contributed by atoms with van der Waals surface area (Å²) < 4.78 is 59.3. The van der Waals surface area contributed by atoms with Crippen LogP contribution in [0.4, 0.5) is 42.9 Å².